The molecule has 0 aromatic carbocycles. The number of aromatic nitrogens is 4. The summed E-state index contributed by atoms with van der Waals surface area (Å²) in [5, 5.41) is 9.51. The molecule has 0 aliphatic heterocycles. The Kier molecular flexibility index (Phi) is 7.63. The molecule has 3 N–H and O–H groups in total. The summed E-state index contributed by atoms with van der Waals surface area (Å²) in [7, 11) is 0. The molecule has 4 unspecified atom stereocenters. The number of hydrogen-bond donors (Lipinski definition) is 2. The van der Waals surface area contributed by atoms with E-state index in [1.54, 1.807) is 18.6 Å². The van der Waals surface area contributed by atoms with Gasteiger partial charge in [0.15, 0.2) is 11.6 Å². The number of rotatable bonds is 7. The van der Waals surface area contributed by atoms with Crippen LogP contribution in [0.25, 0.3) is 0 Å². The van der Waals surface area contributed by atoms with Gasteiger partial charge in [0.2, 0.25) is 0 Å². The number of carboxylic acids is 1. The lowest BCUT2D eigenvalue weighted by Crippen LogP contribution is -2.41. The smallest absolute Gasteiger partial charge is 0.309 e. The minimum absolute atomic E-state index is 0.00316. The van der Waals surface area contributed by atoms with E-state index in [1.807, 2.05) is 13.8 Å². The van der Waals surface area contributed by atoms with Crippen molar-refractivity contribution in [2.75, 3.05) is 0 Å². The number of nitrogens with zero attached hydrogens (tertiary/aromatic N) is 4. The summed E-state index contributed by atoms with van der Waals surface area (Å²) < 4.78 is 0. The zero-order chi connectivity index (χ0) is 28.6. The molecule has 2 aromatic heterocycles. The van der Waals surface area contributed by atoms with Gasteiger partial charge in [-0.1, -0.05) is 12.8 Å². The van der Waals surface area contributed by atoms with Crippen LogP contribution >= 0.6 is 0 Å². The summed E-state index contributed by atoms with van der Waals surface area (Å²) in [5.74, 6) is -0.566. The maximum Gasteiger partial charge on any atom is 0.309 e. The van der Waals surface area contributed by atoms with Gasteiger partial charge in [0.05, 0.1) is 29.2 Å². The number of carboxylic acid groups (broad SMARTS) is 1. The monoisotopic (exact) mass is 547 g/mol. The molecule has 0 amide bonds. The van der Waals surface area contributed by atoms with Crippen molar-refractivity contribution >= 4 is 17.5 Å². The Bertz CT molecular complexity index is 1320. The Labute approximate surface area is 235 Å². The summed E-state index contributed by atoms with van der Waals surface area (Å²) >= 11 is 0. The number of aliphatic carboxylic acids is 1. The number of carbonyl (C=O) groups excluding carboxylic acids is 2. The van der Waals surface area contributed by atoms with Crippen molar-refractivity contribution in [2.45, 2.75) is 109 Å². The minimum Gasteiger partial charge on any atom is -0.481 e. The third kappa shape index (κ3) is 5.85. The van der Waals surface area contributed by atoms with Crippen LogP contribution in [0.1, 0.15) is 122 Å². The molecule has 4 aliphatic rings. The fraction of sp³-hybridized carbons (Fsp3) is 0.645. The normalized spacial score (nSPS) is 32.2. The first-order valence-electron chi connectivity index (χ1n) is 14.6. The lowest BCUT2D eigenvalue weighted by atomic mass is 9.67. The van der Waals surface area contributed by atoms with Gasteiger partial charge in [0.1, 0.15) is 11.4 Å². The average molecular weight is 548 g/mol. The van der Waals surface area contributed by atoms with E-state index in [0.717, 1.165) is 75.6 Å². The third-order valence-electron chi connectivity index (χ3n) is 10.1. The SMILES string of the molecule is Cc1cncc(C(=O)CC23CCCC(C(=O)O)(CC2)C3)n1.Cc1cncc(C(=O)CC23CCCC(N)(CC2)C3)n1. The Balaban J connectivity index is 0.000000162. The fourth-order valence-electron chi connectivity index (χ4n) is 8.13. The molecule has 9 heteroatoms. The highest BCUT2D eigenvalue weighted by Crippen LogP contribution is 2.60. The second-order valence-corrected chi connectivity index (χ2v) is 13.3. The van der Waals surface area contributed by atoms with Crippen LogP contribution in [-0.2, 0) is 4.79 Å². The molecule has 4 fully saturated rings. The lowest BCUT2D eigenvalue weighted by molar-refractivity contribution is -0.150. The number of aryl methyl sites for hydroxylation is 2. The van der Waals surface area contributed by atoms with Crippen LogP contribution in [0, 0.1) is 30.1 Å². The Morgan fingerprint density at radius 1 is 0.725 bits per heavy atom. The molecule has 6 rings (SSSR count). The van der Waals surface area contributed by atoms with Gasteiger partial charge in [-0.05, 0) is 88.9 Å². The molecule has 0 radical (unpaired) electrons. The van der Waals surface area contributed by atoms with E-state index >= 15 is 0 Å². The topological polar surface area (TPSA) is 149 Å². The number of Topliss-reactive ketones (excluding diaryl/α,β-unsaturated/α-hetero) is 2. The highest BCUT2D eigenvalue weighted by Gasteiger charge is 2.55. The van der Waals surface area contributed by atoms with Gasteiger partial charge in [-0.3, -0.25) is 24.4 Å². The van der Waals surface area contributed by atoms with Crippen LogP contribution in [0.5, 0.6) is 0 Å². The molecule has 214 valence electrons. The van der Waals surface area contributed by atoms with Gasteiger partial charge in [0, 0.05) is 30.8 Å². The van der Waals surface area contributed by atoms with E-state index in [1.165, 1.54) is 6.20 Å². The molecule has 40 heavy (non-hydrogen) atoms. The molecule has 4 aliphatic carbocycles. The average Bonchev–Trinajstić information content (AvgIpc) is 3.31. The first kappa shape index (κ1) is 28.5. The van der Waals surface area contributed by atoms with Crippen LogP contribution in [0.15, 0.2) is 24.8 Å². The summed E-state index contributed by atoms with van der Waals surface area (Å²) in [6.45, 7) is 3.68. The van der Waals surface area contributed by atoms with Crippen molar-refractivity contribution in [1.29, 1.82) is 0 Å². The van der Waals surface area contributed by atoms with E-state index in [9.17, 15) is 19.5 Å². The summed E-state index contributed by atoms with van der Waals surface area (Å²) in [6.07, 6.45) is 18.7. The molecule has 9 nitrogen and oxygen atoms in total. The summed E-state index contributed by atoms with van der Waals surface area (Å²) in [6, 6.07) is 0. The van der Waals surface area contributed by atoms with Crippen molar-refractivity contribution < 1.29 is 19.5 Å². The van der Waals surface area contributed by atoms with Crippen LogP contribution in [0.3, 0.4) is 0 Å². The third-order valence-corrected chi connectivity index (χ3v) is 10.1. The Hall–Kier alpha value is -3.07. The second kappa shape index (κ2) is 10.7. The number of nitrogens with two attached hydrogens (primary N) is 1. The predicted octanol–water partition coefficient (Wildman–Crippen LogP) is 5.19. The first-order valence-corrected chi connectivity index (χ1v) is 14.6. The fourth-order valence-corrected chi connectivity index (χ4v) is 8.13. The number of fused-ring (bicyclic) bond motifs is 4. The zero-order valence-corrected chi connectivity index (χ0v) is 23.7. The maximum atomic E-state index is 12.5. The maximum absolute atomic E-state index is 12.5. The van der Waals surface area contributed by atoms with Crippen molar-refractivity contribution in [3.05, 3.63) is 47.6 Å². The Morgan fingerprint density at radius 2 is 1.25 bits per heavy atom. The van der Waals surface area contributed by atoms with E-state index < -0.39 is 11.4 Å². The molecule has 0 spiro atoms. The number of carbonyl (C=O) groups is 3. The molecule has 4 saturated carbocycles. The van der Waals surface area contributed by atoms with E-state index in [-0.39, 0.29) is 27.9 Å². The molecule has 2 aromatic rings. The Morgan fingerprint density at radius 3 is 1.80 bits per heavy atom. The van der Waals surface area contributed by atoms with Crippen molar-refractivity contribution in [3.8, 4) is 0 Å². The first-order chi connectivity index (χ1) is 19.0. The van der Waals surface area contributed by atoms with E-state index in [2.05, 4.69) is 19.9 Å². The van der Waals surface area contributed by atoms with Gasteiger partial charge in [-0.2, -0.15) is 0 Å². The molecule has 4 bridgehead atoms. The minimum atomic E-state index is -0.688. The van der Waals surface area contributed by atoms with Crippen molar-refractivity contribution in [1.82, 2.24) is 19.9 Å². The predicted molar refractivity (Wildman–Crippen MR) is 149 cm³/mol. The van der Waals surface area contributed by atoms with Crippen molar-refractivity contribution in [2.24, 2.45) is 22.0 Å². The second-order valence-electron chi connectivity index (χ2n) is 13.3. The van der Waals surface area contributed by atoms with Crippen LogP contribution < -0.4 is 5.73 Å². The van der Waals surface area contributed by atoms with Gasteiger partial charge in [-0.25, -0.2) is 9.97 Å². The zero-order valence-electron chi connectivity index (χ0n) is 23.7. The quantitative estimate of drug-likeness (QED) is 0.446. The molecular weight excluding hydrogens is 506 g/mol. The summed E-state index contributed by atoms with van der Waals surface area (Å²) in [5.41, 5.74) is 8.23. The largest absolute Gasteiger partial charge is 0.481 e. The van der Waals surface area contributed by atoms with Gasteiger partial charge in [-0.15, -0.1) is 0 Å². The van der Waals surface area contributed by atoms with Crippen molar-refractivity contribution in [3.63, 3.8) is 0 Å². The van der Waals surface area contributed by atoms with E-state index in [0.29, 0.717) is 37.1 Å². The van der Waals surface area contributed by atoms with E-state index in [4.69, 9.17) is 5.73 Å². The summed E-state index contributed by atoms with van der Waals surface area (Å²) in [4.78, 5) is 53.1. The lowest BCUT2D eigenvalue weighted by Gasteiger charge is -2.37. The van der Waals surface area contributed by atoms with Gasteiger partial charge >= 0.3 is 5.97 Å². The molecular formula is C31H41N5O4. The standard InChI is InChI=1S/C16H20N2O3.C15H21N3O/c1-11-8-17-9-12(18-11)13(19)7-15-3-2-4-16(10-15,6-5-15)14(20)21;1-11-8-17-9-12(18-11)13(19)7-14-3-2-4-15(16,10-14)6-5-14/h8-9H,2-7,10H2,1H3,(H,20,21);8-9H,2-7,10,16H2,1H3. The van der Waals surface area contributed by atoms with Gasteiger partial charge < -0.3 is 10.8 Å². The molecule has 0 saturated heterocycles. The van der Waals surface area contributed by atoms with Crippen LogP contribution in [-0.4, -0.2) is 48.1 Å². The van der Waals surface area contributed by atoms with Gasteiger partial charge in [0.25, 0.3) is 0 Å². The molecule has 4 atom stereocenters. The van der Waals surface area contributed by atoms with Crippen LogP contribution in [0.4, 0.5) is 0 Å². The highest BCUT2D eigenvalue weighted by molar-refractivity contribution is 5.95. The van der Waals surface area contributed by atoms with Crippen LogP contribution in [0.2, 0.25) is 0 Å². The number of hydrogen-bond acceptors (Lipinski definition) is 8. The highest BCUT2D eigenvalue weighted by atomic mass is 16.4. The molecule has 2 heterocycles. The number of ketones is 2.